The summed E-state index contributed by atoms with van der Waals surface area (Å²) in [6.45, 7) is 1.65. The van der Waals surface area contributed by atoms with Crippen molar-refractivity contribution in [2.24, 2.45) is 0 Å². The summed E-state index contributed by atoms with van der Waals surface area (Å²) in [6, 6.07) is 12.1. The van der Waals surface area contributed by atoms with Crippen LogP contribution in [0.25, 0.3) is 16.6 Å². The third-order valence-electron chi connectivity index (χ3n) is 5.11. The molecule has 178 valence electrons. The Morgan fingerprint density at radius 3 is 2.71 bits per heavy atom. The van der Waals surface area contributed by atoms with Crippen LogP contribution in [-0.4, -0.2) is 37.0 Å². The number of hydrogen-bond donors (Lipinski definition) is 4. The van der Waals surface area contributed by atoms with E-state index in [4.69, 9.17) is 16.5 Å². The predicted molar refractivity (Wildman–Crippen MR) is 133 cm³/mol. The fraction of sp³-hybridized carbons (Fsp3) is 0.174. The molecule has 2 aromatic carbocycles. The molecule has 0 unspecified atom stereocenters. The third kappa shape index (κ3) is 4.72. The number of nitriles is 1. The molecule has 4 aromatic rings. The fourth-order valence-corrected chi connectivity index (χ4v) is 4.45. The number of benzene rings is 2. The van der Waals surface area contributed by atoms with Crippen LogP contribution in [0.15, 0.2) is 52.2 Å². The molecule has 0 bridgehead atoms. The minimum absolute atomic E-state index is 0.00539. The van der Waals surface area contributed by atoms with Crippen molar-refractivity contribution in [3.05, 3.63) is 70.0 Å². The van der Waals surface area contributed by atoms with E-state index in [1.54, 1.807) is 31.2 Å². The molecule has 0 aliphatic rings. The molecule has 35 heavy (non-hydrogen) atoms. The van der Waals surface area contributed by atoms with Crippen molar-refractivity contribution < 1.29 is 9.50 Å². The van der Waals surface area contributed by atoms with E-state index in [1.165, 1.54) is 34.5 Å². The van der Waals surface area contributed by atoms with Gasteiger partial charge in [0.05, 0.1) is 29.2 Å². The molecule has 4 rings (SSSR count). The molecule has 2 aromatic heterocycles. The Kier molecular flexibility index (Phi) is 6.81. The van der Waals surface area contributed by atoms with Crippen molar-refractivity contribution in [1.82, 2.24) is 19.5 Å². The Bertz CT molecular complexity index is 1520. The number of thioether (sulfide) groups is 1. The van der Waals surface area contributed by atoms with Crippen LogP contribution in [0.2, 0.25) is 0 Å². The highest BCUT2D eigenvalue weighted by Crippen LogP contribution is 2.28. The maximum absolute atomic E-state index is 14.1. The number of hydrogen-bond acceptors (Lipinski definition) is 10. The molecule has 2 heterocycles. The molecule has 0 saturated heterocycles. The summed E-state index contributed by atoms with van der Waals surface area (Å²) in [6.07, 6.45) is 0. The average Bonchev–Trinajstić information content (AvgIpc) is 2.82. The zero-order valence-electron chi connectivity index (χ0n) is 18.6. The third-order valence-corrected chi connectivity index (χ3v) is 6.15. The minimum Gasteiger partial charge on any atom is -0.396 e. The molecule has 0 saturated carbocycles. The van der Waals surface area contributed by atoms with Crippen molar-refractivity contribution in [3.63, 3.8) is 0 Å². The smallest absolute Gasteiger partial charge is 0.267 e. The standard InChI is InChI=1S/C23H21FN8O2S/c1-12(28-20-15(11-25)19(26)30-23(27)31-20)21-29-16-6-3-7-17(35-9-8-33)18(16)22(34)32(21)14-5-2-4-13(24)10-14/h2-7,10,12,33H,8-9H2,1H3,(H5,26,27,28,30,31)/t12-/m0/s1. The molecule has 12 heteroatoms. The Morgan fingerprint density at radius 1 is 1.23 bits per heavy atom. The lowest BCUT2D eigenvalue weighted by Crippen LogP contribution is -2.28. The quantitative estimate of drug-likeness (QED) is 0.281. The van der Waals surface area contributed by atoms with E-state index in [2.05, 4.69) is 15.3 Å². The first-order valence-corrected chi connectivity index (χ1v) is 11.5. The zero-order valence-corrected chi connectivity index (χ0v) is 19.4. The Labute approximate surface area is 203 Å². The fourth-order valence-electron chi connectivity index (χ4n) is 3.63. The summed E-state index contributed by atoms with van der Waals surface area (Å²) in [5.41, 5.74) is 11.8. The lowest BCUT2D eigenvalue weighted by Gasteiger charge is -2.21. The number of nitrogen functional groups attached to an aromatic ring is 2. The second kappa shape index (κ2) is 9.96. The number of halogens is 1. The van der Waals surface area contributed by atoms with Crippen molar-refractivity contribution in [3.8, 4) is 11.8 Å². The molecular formula is C23H21FN8O2S. The van der Waals surface area contributed by atoms with Crippen molar-refractivity contribution in [2.45, 2.75) is 17.9 Å². The van der Waals surface area contributed by atoms with E-state index in [1.807, 2.05) is 6.07 Å². The van der Waals surface area contributed by atoms with Gasteiger partial charge < -0.3 is 21.9 Å². The molecule has 0 radical (unpaired) electrons. The van der Waals surface area contributed by atoms with Gasteiger partial charge in [0.2, 0.25) is 5.95 Å². The molecule has 1 atom stereocenters. The maximum atomic E-state index is 14.1. The van der Waals surface area contributed by atoms with Crippen LogP contribution in [0.3, 0.4) is 0 Å². The number of nitrogens with two attached hydrogens (primary N) is 2. The summed E-state index contributed by atoms with van der Waals surface area (Å²) in [4.78, 5) is 27.0. The van der Waals surface area contributed by atoms with E-state index in [0.29, 0.717) is 21.6 Å². The average molecular weight is 493 g/mol. The normalized spacial score (nSPS) is 11.8. The first kappa shape index (κ1) is 23.9. The molecule has 0 aliphatic carbocycles. The van der Waals surface area contributed by atoms with Crippen LogP contribution in [-0.2, 0) is 0 Å². The molecule has 10 nitrogen and oxygen atoms in total. The van der Waals surface area contributed by atoms with Gasteiger partial charge in [-0.3, -0.25) is 9.36 Å². The van der Waals surface area contributed by atoms with Crippen molar-refractivity contribution in [1.29, 1.82) is 5.26 Å². The van der Waals surface area contributed by atoms with Crippen LogP contribution >= 0.6 is 11.8 Å². The van der Waals surface area contributed by atoms with Crippen LogP contribution in [0.1, 0.15) is 24.4 Å². The number of rotatable bonds is 7. The second-order valence-electron chi connectivity index (χ2n) is 7.48. The minimum atomic E-state index is -0.690. The topological polar surface area (TPSA) is 169 Å². The highest BCUT2D eigenvalue weighted by molar-refractivity contribution is 7.99. The number of aromatic nitrogens is 4. The SMILES string of the molecule is C[C@H](Nc1nc(N)nc(N)c1C#N)c1nc2cccc(SCCO)c2c(=O)n1-c1cccc(F)c1. The van der Waals surface area contributed by atoms with Gasteiger partial charge in [-0.05, 0) is 37.3 Å². The highest BCUT2D eigenvalue weighted by atomic mass is 32.2. The van der Waals surface area contributed by atoms with E-state index in [-0.39, 0.29) is 41.3 Å². The van der Waals surface area contributed by atoms with Gasteiger partial charge in [0, 0.05) is 10.6 Å². The molecule has 0 spiro atoms. The number of anilines is 3. The van der Waals surface area contributed by atoms with Gasteiger partial charge in [0.15, 0.2) is 5.82 Å². The molecule has 0 fully saturated rings. The van der Waals surface area contributed by atoms with Gasteiger partial charge in [-0.25, -0.2) is 9.37 Å². The lowest BCUT2D eigenvalue weighted by atomic mass is 10.2. The van der Waals surface area contributed by atoms with E-state index >= 15 is 0 Å². The lowest BCUT2D eigenvalue weighted by molar-refractivity contribution is 0.322. The number of aliphatic hydroxyl groups is 1. The van der Waals surface area contributed by atoms with Crippen molar-refractivity contribution >= 4 is 40.2 Å². The molecular weight excluding hydrogens is 471 g/mol. The summed E-state index contributed by atoms with van der Waals surface area (Å²) < 4.78 is 15.5. The summed E-state index contributed by atoms with van der Waals surface area (Å²) in [5, 5.41) is 22.1. The first-order valence-electron chi connectivity index (χ1n) is 10.5. The zero-order chi connectivity index (χ0) is 25.1. The highest BCUT2D eigenvalue weighted by Gasteiger charge is 2.22. The monoisotopic (exact) mass is 492 g/mol. The molecule has 0 aliphatic heterocycles. The van der Waals surface area contributed by atoms with Gasteiger partial charge in [-0.1, -0.05) is 12.1 Å². The van der Waals surface area contributed by atoms with Gasteiger partial charge >= 0.3 is 0 Å². The first-order chi connectivity index (χ1) is 16.8. The summed E-state index contributed by atoms with van der Waals surface area (Å²) >= 11 is 1.32. The van der Waals surface area contributed by atoms with Crippen LogP contribution in [0, 0.1) is 17.1 Å². The number of nitrogens with zero attached hydrogens (tertiary/aromatic N) is 5. The van der Waals surface area contributed by atoms with Crippen LogP contribution < -0.4 is 22.3 Å². The number of nitrogens with one attached hydrogen (secondary N) is 1. The van der Waals surface area contributed by atoms with Gasteiger partial charge in [0.1, 0.15) is 29.1 Å². The number of aliphatic hydroxyl groups excluding tert-OH is 1. The van der Waals surface area contributed by atoms with E-state index in [0.717, 1.165) is 0 Å². The molecule has 6 N–H and O–H groups in total. The van der Waals surface area contributed by atoms with Crippen molar-refractivity contribution in [2.75, 3.05) is 29.1 Å². The van der Waals surface area contributed by atoms with E-state index in [9.17, 15) is 19.6 Å². The van der Waals surface area contributed by atoms with Gasteiger partial charge in [-0.2, -0.15) is 15.2 Å². The van der Waals surface area contributed by atoms with Gasteiger partial charge in [0.25, 0.3) is 5.56 Å². The van der Waals surface area contributed by atoms with Crippen LogP contribution in [0.4, 0.5) is 22.0 Å². The van der Waals surface area contributed by atoms with Crippen LogP contribution in [0.5, 0.6) is 0 Å². The summed E-state index contributed by atoms with van der Waals surface area (Å²) in [5.74, 6) is -0.0160. The summed E-state index contributed by atoms with van der Waals surface area (Å²) in [7, 11) is 0. The van der Waals surface area contributed by atoms with Gasteiger partial charge in [-0.15, -0.1) is 11.8 Å². The number of fused-ring (bicyclic) bond motifs is 1. The Hall–Kier alpha value is -4.21. The predicted octanol–water partition coefficient (Wildman–Crippen LogP) is 2.61. The Balaban J connectivity index is 1.94. The largest absolute Gasteiger partial charge is 0.396 e. The second-order valence-corrected chi connectivity index (χ2v) is 8.62. The molecule has 0 amide bonds. The Morgan fingerprint density at radius 2 is 2.00 bits per heavy atom. The maximum Gasteiger partial charge on any atom is 0.267 e. The van der Waals surface area contributed by atoms with E-state index < -0.39 is 17.4 Å².